The number of hydrogen-bond acceptors (Lipinski definition) is 2. The number of aryl methyl sites for hydroxylation is 1. The Kier molecular flexibility index (Phi) is 3.15. The number of anilines is 1. The number of benzene rings is 1. The Morgan fingerprint density at radius 2 is 2.06 bits per heavy atom. The van der Waals surface area contributed by atoms with E-state index in [0.717, 1.165) is 16.3 Å². The van der Waals surface area contributed by atoms with Crippen LogP contribution in [0.15, 0.2) is 35.9 Å². The van der Waals surface area contributed by atoms with Crippen LogP contribution in [0.1, 0.15) is 19.4 Å². The van der Waals surface area contributed by atoms with Crippen LogP contribution in [-0.4, -0.2) is 17.0 Å². The van der Waals surface area contributed by atoms with Gasteiger partial charge < -0.3 is 0 Å². The van der Waals surface area contributed by atoms with Crippen molar-refractivity contribution in [3.05, 3.63) is 41.4 Å². The molecule has 1 aromatic carbocycles. The quantitative estimate of drug-likeness (QED) is 0.744. The molecule has 17 heavy (non-hydrogen) atoms. The van der Waals surface area contributed by atoms with Gasteiger partial charge in [0.15, 0.2) is 0 Å². The highest BCUT2D eigenvalue weighted by Crippen LogP contribution is 2.38. The predicted molar refractivity (Wildman–Crippen MR) is 72.8 cm³/mol. The second kappa shape index (κ2) is 4.45. The Bertz CT molecular complexity index is 470. The van der Waals surface area contributed by atoms with Gasteiger partial charge in [-0.25, -0.2) is 9.10 Å². The Morgan fingerprint density at radius 3 is 2.59 bits per heavy atom. The summed E-state index contributed by atoms with van der Waals surface area (Å²) < 4.78 is 1.69. The van der Waals surface area contributed by atoms with Gasteiger partial charge in [0, 0.05) is 18.0 Å². The fraction of sp³-hybridized carbons (Fsp3) is 0.308. The first-order valence-corrected chi connectivity index (χ1v) is 6.35. The summed E-state index contributed by atoms with van der Waals surface area (Å²) in [6, 6.07) is 8.04. The van der Waals surface area contributed by atoms with Gasteiger partial charge in [-0.15, -0.1) is 0 Å². The number of nitrogens with zero attached hydrogens (tertiary/aromatic N) is 2. The number of rotatable bonds is 2. The molecule has 0 aliphatic carbocycles. The molecule has 2 rings (SSSR count). The molecule has 1 fully saturated rings. The smallest absolute Gasteiger partial charge is 0.284 e. The van der Waals surface area contributed by atoms with Crippen molar-refractivity contribution < 1.29 is 4.79 Å². The molecular weight excluding hydrogens is 232 g/mol. The van der Waals surface area contributed by atoms with Crippen LogP contribution in [0.25, 0.3) is 0 Å². The zero-order valence-electron chi connectivity index (χ0n) is 10.3. The van der Waals surface area contributed by atoms with Crippen molar-refractivity contribution in [3.63, 3.8) is 0 Å². The standard InChI is InChI=1S/C13H16N2OS/c1-9(2)14-11(4)17-15(13(14)16)12-7-5-6-10(3)8-12/h5-9H,4H2,1-3H3. The van der Waals surface area contributed by atoms with Crippen LogP contribution in [0.3, 0.4) is 0 Å². The minimum Gasteiger partial charge on any atom is -0.284 e. The van der Waals surface area contributed by atoms with Crippen molar-refractivity contribution in [1.29, 1.82) is 0 Å². The maximum atomic E-state index is 12.2. The minimum atomic E-state index is -0.0133. The van der Waals surface area contributed by atoms with E-state index in [2.05, 4.69) is 6.58 Å². The lowest BCUT2D eigenvalue weighted by atomic mass is 10.2. The Hall–Kier alpha value is -1.42. The molecule has 2 amide bonds. The first-order chi connectivity index (χ1) is 8.00. The molecule has 0 unspecified atom stereocenters. The average molecular weight is 248 g/mol. The highest BCUT2D eigenvalue weighted by molar-refractivity contribution is 8.05. The van der Waals surface area contributed by atoms with Gasteiger partial charge in [0.2, 0.25) is 0 Å². The molecule has 1 aromatic rings. The van der Waals surface area contributed by atoms with Crippen molar-refractivity contribution in [2.45, 2.75) is 26.8 Å². The normalized spacial score (nSPS) is 16.2. The third-order valence-electron chi connectivity index (χ3n) is 2.60. The summed E-state index contributed by atoms with van der Waals surface area (Å²) in [4.78, 5) is 14.0. The molecular formula is C13H16N2OS. The van der Waals surface area contributed by atoms with Gasteiger partial charge >= 0.3 is 6.03 Å². The Morgan fingerprint density at radius 1 is 1.35 bits per heavy atom. The Balaban J connectivity index is 2.31. The van der Waals surface area contributed by atoms with E-state index in [1.54, 1.807) is 9.21 Å². The van der Waals surface area contributed by atoms with E-state index in [9.17, 15) is 4.79 Å². The predicted octanol–water partition coefficient (Wildman–Crippen LogP) is 3.76. The molecule has 0 aromatic heterocycles. The van der Waals surface area contributed by atoms with Crippen LogP contribution in [0, 0.1) is 6.92 Å². The van der Waals surface area contributed by atoms with E-state index in [4.69, 9.17) is 0 Å². The van der Waals surface area contributed by atoms with Gasteiger partial charge in [-0.05, 0) is 38.5 Å². The molecule has 4 heteroatoms. The molecule has 0 N–H and O–H groups in total. The summed E-state index contributed by atoms with van der Waals surface area (Å²) >= 11 is 1.39. The summed E-state index contributed by atoms with van der Waals surface area (Å²) in [7, 11) is 0. The van der Waals surface area contributed by atoms with E-state index < -0.39 is 0 Å². The first kappa shape index (κ1) is 12.0. The maximum Gasteiger partial charge on any atom is 0.340 e. The second-order valence-corrected chi connectivity index (χ2v) is 5.38. The molecule has 0 bridgehead atoms. The molecule has 0 spiro atoms. The van der Waals surface area contributed by atoms with Crippen LogP contribution >= 0.6 is 11.9 Å². The van der Waals surface area contributed by atoms with Crippen molar-refractivity contribution in [3.8, 4) is 0 Å². The summed E-state index contributed by atoms with van der Waals surface area (Å²) in [5.41, 5.74) is 2.05. The molecule has 0 saturated carbocycles. The van der Waals surface area contributed by atoms with Crippen molar-refractivity contribution in [2.24, 2.45) is 0 Å². The lowest BCUT2D eigenvalue weighted by Gasteiger charge is -2.20. The summed E-state index contributed by atoms with van der Waals surface area (Å²) in [5.74, 6) is 0. The largest absolute Gasteiger partial charge is 0.340 e. The van der Waals surface area contributed by atoms with Crippen molar-refractivity contribution in [1.82, 2.24) is 4.90 Å². The van der Waals surface area contributed by atoms with E-state index in [-0.39, 0.29) is 12.1 Å². The first-order valence-electron chi connectivity index (χ1n) is 5.57. The number of carbonyl (C=O) groups excluding carboxylic acids is 1. The topological polar surface area (TPSA) is 23.6 Å². The molecule has 1 aliphatic rings. The zero-order chi connectivity index (χ0) is 12.6. The SMILES string of the molecule is C=C1SN(c2cccc(C)c2)C(=O)N1C(C)C. The lowest BCUT2D eigenvalue weighted by molar-refractivity contribution is 0.218. The van der Waals surface area contributed by atoms with Crippen molar-refractivity contribution >= 4 is 23.7 Å². The van der Waals surface area contributed by atoms with Gasteiger partial charge in [0.25, 0.3) is 0 Å². The number of amides is 2. The number of urea groups is 1. The van der Waals surface area contributed by atoms with Gasteiger partial charge in [-0.2, -0.15) is 0 Å². The minimum absolute atomic E-state index is 0.0133. The third kappa shape index (κ3) is 2.17. The fourth-order valence-electron chi connectivity index (χ4n) is 1.82. The van der Waals surface area contributed by atoms with Gasteiger partial charge in [0.05, 0.1) is 10.7 Å². The van der Waals surface area contributed by atoms with Crippen LogP contribution in [0.2, 0.25) is 0 Å². The highest BCUT2D eigenvalue weighted by atomic mass is 32.2. The van der Waals surface area contributed by atoms with Gasteiger partial charge in [-0.1, -0.05) is 18.7 Å². The van der Waals surface area contributed by atoms with Crippen LogP contribution in [0.4, 0.5) is 10.5 Å². The second-order valence-electron chi connectivity index (χ2n) is 4.36. The molecule has 0 radical (unpaired) electrons. The fourth-order valence-corrected chi connectivity index (χ4v) is 2.79. The lowest BCUT2D eigenvalue weighted by Crippen LogP contribution is -2.35. The van der Waals surface area contributed by atoms with Crippen LogP contribution in [0.5, 0.6) is 0 Å². The summed E-state index contributed by atoms with van der Waals surface area (Å²) in [5, 5.41) is 0.784. The maximum absolute atomic E-state index is 12.2. The van der Waals surface area contributed by atoms with Crippen molar-refractivity contribution in [2.75, 3.05) is 4.31 Å². The Labute approximate surface area is 106 Å². The average Bonchev–Trinajstić information content (AvgIpc) is 2.54. The molecule has 90 valence electrons. The monoisotopic (exact) mass is 248 g/mol. The van der Waals surface area contributed by atoms with E-state index in [1.807, 2.05) is 45.0 Å². The van der Waals surface area contributed by atoms with E-state index in [1.165, 1.54) is 11.9 Å². The molecule has 1 heterocycles. The third-order valence-corrected chi connectivity index (χ3v) is 3.55. The molecule has 3 nitrogen and oxygen atoms in total. The van der Waals surface area contributed by atoms with E-state index in [0.29, 0.717) is 0 Å². The molecule has 1 aliphatic heterocycles. The molecule has 0 atom stereocenters. The van der Waals surface area contributed by atoms with Crippen LogP contribution < -0.4 is 4.31 Å². The van der Waals surface area contributed by atoms with Gasteiger partial charge in [-0.3, -0.25) is 4.90 Å². The number of hydrogen-bond donors (Lipinski definition) is 0. The highest BCUT2D eigenvalue weighted by Gasteiger charge is 2.35. The summed E-state index contributed by atoms with van der Waals surface area (Å²) in [6.07, 6.45) is 0. The van der Waals surface area contributed by atoms with E-state index >= 15 is 0 Å². The molecule has 1 saturated heterocycles. The number of carbonyl (C=O) groups is 1. The van der Waals surface area contributed by atoms with Gasteiger partial charge in [0.1, 0.15) is 0 Å². The van der Waals surface area contributed by atoms with Crippen LogP contribution in [-0.2, 0) is 0 Å². The summed E-state index contributed by atoms with van der Waals surface area (Å²) in [6.45, 7) is 9.93. The zero-order valence-corrected chi connectivity index (χ0v) is 11.1.